The summed E-state index contributed by atoms with van der Waals surface area (Å²) in [5, 5.41) is 26.8. The Morgan fingerprint density at radius 3 is 2.90 bits per heavy atom. The number of benzene rings is 1. The molecule has 4 aromatic rings. The quantitative estimate of drug-likeness (QED) is 0.312. The van der Waals surface area contributed by atoms with Gasteiger partial charge in [-0.1, -0.05) is 23.7 Å². The van der Waals surface area contributed by atoms with Crippen LogP contribution in [0.2, 0.25) is 5.02 Å². The van der Waals surface area contributed by atoms with E-state index in [0.29, 0.717) is 33.3 Å². The van der Waals surface area contributed by atoms with E-state index in [4.69, 9.17) is 16.7 Å². The normalized spacial score (nSPS) is 13.5. The number of imidazole rings is 1. The number of fused-ring (bicyclic) bond motifs is 2. The predicted molar refractivity (Wildman–Crippen MR) is 112 cm³/mol. The molecular weight excluding hydrogens is 394 g/mol. The fourth-order valence-electron chi connectivity index (χ4n) is 3.09. The van der Waals surface area contributed by atoms with Gasteiger partial charge in [-0.05, 0) is 19.1 Å². The Morgan fingerprint density at radius 1 is 1.21 bits per heavy atom. The van der Waals surface area contributed by atoms with Crippen molar-refractivity contribution in [3.8, 4) is 0 Å². The molecule has 150 valence electrons. The molecule has 0 spiro atoms. The number of pyridine rings is 1. The molecule has 5 N–H and O–H groups in total. The predicted octanol–water partition coefficient (Wildman–Crippen LogP) is 2.49. The van der Waals surface area contributed by atoms with Gasteiger partial charge in [0.25, 0.3) is 0 Å². The lowest BCUT2D eigenvalue weighted by atomic mass is 10.1. The number of para-hydroxylation sites is 1. The zero-order valence-electron chi connectivity index (χ0n) is 15.6. The van der Waals surface area contributed by atoms with Crippen LogP contribution in [0.15, 0.2) is 36.9 Å². The first kappa shape index (κ1) is 19.3. The number of anilines is 2. The molecule has 3 aromatic heterocycles. The first-order valence-corrected chi connectivity index (χ1v) is 9.47. The van der Waals surface area contributed by atoms with Gasteiger partial charge in [0.15, 0.2) is 11.5 Å². The lowest BCUT2D eigenvalue weighted by molar-refractivity contribution is 0.105. The van der Waals surface area contributed by atoms with Crippen LogP contribution in [-0.2, 0) is 0 Å². The van der Waals surface area contributed by atoms with Gasteiger partial charge >= 0.3 is 0 Å². The summed E-state index contributed by atoms with van der Waals surface area (Å²) in [4.78, 5) is 20.3. The summed E-state index contributed by atoms with van der Waals surface area (Å²) in [5.41, 5.74) is 2.80. The molecule has 0 fully saturated rings. The summed E-state index contributed by atoms with van der Waals surface area (Å²) in [5.74, 6) is 1.18. The zero-order valence-corrected chi connectivity index (χ0v) is 16.4. The number of aromatic nitrogens is 5. The third-order valence-corrected chi connectivity index (χ3v) is 4.89. The van der Waals surface area contributed by atoms with Gasteiger partial charge in [-0.15, -0.1) is 0 Å². The van der Waals surface area contributed by atoms with Crippen LogP contribution in [0.3, 0.4) is 0 Å². The highest BCUT2D eigenvalue weighted by atomic mass is 35.5. The van der Waals surface area contributed by atoms with Gasteiger partial charge in [-0.3, -0.25) is 0 Å². The van der Waals surface area contributed by atoms with E-state index in [1.165, 1.54) is 6.33 Å². The highest BCUT2D eigenvalue weighted by molar-refractivity contribution is 6.35. The Labute approximate surface area is 171 Å². The topological polar surface area (TPSA) is 132 Å². The van der Waals surface area contributed by atoms with Gasteiger partial charge in [-0.2, -0.15) is 0 Å². The molecular formula is C19H20ClN7O2. The summed E-state index contributed by atoms with van der Waals surface area (Å²) >= 11 is 6.31. The van der Waals surface area contributed by atoms with E-state index in [2.05, 4.69) is 35.6 Å². The maximum atomic E-state index is 9.74. The lowest BCUT2D eigenvalue weighted by Gasteiger charge is -2.20. The standard InChI is InChI=1S/C19H20ClN7O2/c1-10(26-19-16-18(23-8-22-16)24-9-25-19)13-5-11-3-2-4-14(20)15(11)27-17(13)21-6-12(29)7-28/h2-5,8-10,12,28-29H,6-7H2,1H3,(H,21,27)(H2,22,23,24,25,26)/t10-,12?/m0/s1. The maximum absolute atomic E-state index is 9.74. The second kappa shape index (κ2) is 8.16. The second-order valence-electron chi connectivity index (χ2n) is 6.64. The molecule has 0 amide bonds. The fraction of sp³-hybridized carbons (Fsp3) is 0.263. The van der Waals surface area contributed by atoms with Crippen LogP contribution in [0.4, 0.5) is 11.6 Å². The van der Waals surface area contributed by atoms with Crippen molar-refractivity contribution < 1.29 is 10.2 Å². The number of aliphatic hydroxyl groups excluding tert-OH is 2. The van der Waals surface area contributed by atoms with Crippen molar-refractivity contribution in [2.45, 2.75) is 19.1 Å². The van der Waals surface area contributed by atoms with Crippen LogP contribution in [0.25, 0.3) is 22.1 Å². The fourth-order valence-corrected chi connectivity index (χ4v) is 3.31. The van der Waals surface area contributed by atoms with Crippen LogP contribution >= 0.6 is 11.6 Å². The largest absolute Gasteiger partial charge is 0.394 e. The summed E-state index contributed by atoms with van der Waals surface area (Å²) in [7, 11) is 0. The van der Waals surface area contributed by atoms with E-state index in [1.54, 1.807) is 12.4 Å². The summed E-state index contributed by atoms with van der Waals surface area (Å²) in [6.07, 6.45) is 2.12. The third-order valence-electron chi connectivity index (χ3n) is 4.58. The minimum atomic E-state index is -0.902. The molecule has 0 radical (unpaired) electrons. The first-order chi connectivity index (χ1) is 14.1. The van der Waals surface area contributed by atoms with Crippen molar-refractivity contribution in [1.82, 2.24) is 24.9 Å². The van der Waals surface area contributed by atoms with Gasteiger partial charge in [0.1, 0.15) is 17.7 Å². The summed E-state index contributed by atoms with van der Waals surface area (Å²) in [6.45, 7) is 1.78. The minimum Gasteiger partial charge on any atom is -0.394 e. The molecule has 0 aliphatic heterocycles. The number of hydrogen-bond acceptors (Lipinski definition) is 8. The van der Waals surface area contributed by atoms with E-state index < -0.39 is 6.10 Å². The van der Waals surface area contributed by atoms with Gasteiger partial charge < -0.3 is 25.8 Å². The van der Waals surface area contributed by atoms with Gasteiger partial charge in [0.05, 0.1) is 35.6 Å². The summed E-state index contributed by atoms with van der Waals surface area (Å²) in [6, 6.07) is 7.39. The molecule has 0 saturated heterocycles. The number of aliphatic hydroxyl groups is 2. The number of nitrogens with one attached hydrogen (secondary N) is 3. The molecule has 0 saturated carbocycles. The Bertz CT molecular complexity index is 1150. The lowest BCUT2D eigenvalue weighted by Crippen LogP contribution is -2.24. The Hall–Kier alpha value is -3.01. The number of aromatic amines is 1. The van der Waals surface area contributed by atoms with Crippen molar-refractivity contribution in [3.05, 3.63) is 47.5 Å². The van der Waals surface area contributed by atoms with E-state index in [0.717, 1.165) is 10.9 Å². The molecule has 0 bridgehead atoms. The number of hydrogen-bond donors (Lipinski definition) is 5. The van der Waals surface area contributed by atoms with Gasteiger partial charge in [0.2, 0.25) is 0 Å². The second-order valence-corrected chi connectivity index (χ2v) is 7.05. The Morgan fingerprint density at radius 2 is 2.07 bits per heavy atom. The van der Waals surface area contributed by atoms with Crippen LogP contribution in [0, 0.1) is 0 Å². The highest BCUT2D eigenvalue weighted by Gasteiger charge is 2.17. The Balaban J connectivity index is 1.72. The molecule has 0 aliphatic carbocycles. The van der Waals surface area contributed by atoms with Crippen molar-refractivity contribution >= 4 is 45.3 Å². The van der Waals surface area contributed by atoms with Crippen LogP contribution < -0.4 is 10.6 Å². The number of nitrogens with zero attached hydrogens (tertiary/aromatic N) is 4. The van der Waals surface area contributed by atoms with Gasteiger partial charge in [-0.25, -0.2) is 19.9 Å². The van der Waals surface area contributed by atoms with Crippen LogP contribution in [-0.4, -0.2) is 54.4 Å². The van der Waals surface area contributed by atoms with Crippen molar-refractivity contribution in [3.63, 3.8) is 0 Å². The zero-order chi connectivity index (χ0) is 20.4. The van der Waals surface area contributed by atoms with Crippen LogP contribution in [0.5, 0.6) is 0 Å². The smallest absolute Gasteiger partial charge is 0.182 e. The van der Waals surface area contributed by atoms with E-state index >= 15 is 0 Å². The highest BCUT2D eigenvalue weighted by Crippen LogP contribution is 2.31. The molecule has 1 unspecified atom stereocenters. The average molecular weight is 414 g/mol. The van der Waals surface area contributed by atoms with Crippen molar-refractivity contribution in [2.24, 2.45) is 0 Å². The summed E-state index contributed by atoms with van der Waals surface area (Å²) < 4.78 is 0. The first-order valence-electron chi connectivity index (χ1n) is 9.09. The van der Waals surface area contributed by atoms with E-state index in [-0.39, 0.29) is 19.2 Å². The van der Waals surface area contributed by atoms with Gasteiger partial charge in [0, 0.05) is 17.5 Å². The van der Waals surface area contributed by atoms with Crippen molar-refractivity contribution in [1.29, 1.82) is 0 Å². The molecule has 4 rings (SSSR count). The molecule has 0 aliphatic rings. The molecule has 3 heterocycles. The van der Waals surface area contributed by atoms with E-state index in [9.17, 15) is 5.11 Å². The number of halogens is 1. The monoisotopic (exact) mass is 413 g/mol. The molecule has 9 nitrogen and oxygen atoms in total. The third kappa shape index (κ3) is 3.93. The Kier molecular flexibility index (Phi) is 5.43. The van der Waals surface area contributed by atoms with E-state index in [1.807, 2.05) is 25.1 Å². The number of H-pyrrole nitrogens is 1. The molecule has 29 heavy (non-hydrogen) atoms. The van der Waals surface area contributed by atoms with Crippen molar-refractivity contribution in [2.75, 3.05) is 23.8 Å². The SMILES string of the molecule is C[C@H](Nc1ncnc2nc[nH]c12)c1cc2cccc(Cl)c2nc1NCC(O)CO. The number of rotatable bonds is 7. The molecule has 1 aromatic carbocycles. The minimum absolute atomic E-state index is 0.150. The maximum Gasteiger partial charge on any atom is 0.182 e. The molecule has 10 heteroatoms. The molecule has 2 atom stereocenters. The van der Waals surface area contributed by atoms with Crippen LogP contribution in [0.1, 0.15) is 18.5 Å². The average Bonchev–Trinajstić information content (AvgIpc) is 3.21.